The number of aromatic nitrogens is 2. The van der Waals surface area contributed by atoms with Gasteiger partial charge in [0.2, 0.25) is 0 Å². The summed E-state index contributed by atoms with van der Waals surface area (Å²) in [6.45, 7) is 0. The van der Waals surface area contributed by atoms with E-state index in [4.69, 9.17) is 23.8 Å². The Kier molecular flexibility index (Phi) is 3.63. The summed E-state index contributed by atoms with van der Waals surface area (Å²) in [4.78, 5) is 3.14. The number of fused-ring (bicyclic) bond motifs is 1. The van der Waals surface area contributed by atoms with Crippen LogP contribution in [0.3, 0.4) is 0 Å². The highest BCUT2D eigenvalue weighted by molar-refractivity contribution is 7.71. The molecule has 0 radical (unpaired) electrons. The molecule has 3 rings (SSSR count). The average molecular weight is 299 g/mol. The monoisotopic (exact) mass is 298 g/mol. The Morgan fingerprint density at radius 1 is 1.21 bits per heavy atom. The van der Waals surface area contributed by atoms with Gasteiger partial charge < -0.3 is 9.55 Å². The largest absolute Gasteiger partial charge is 0.331 e. The van der Waals surface area contributed by atoms with Crippen molar-refractivity contribution in [3.8, 4) is 0 Å². The number of nitrogens with zero attached hydrogens (tertiary/aromatic N) is 1. The van der Waals surface area contributed by atoms with Crippen LogP contribution in [0.5, 0.6) is 0 Å². The van der Waals surface area contributed by atoms with Gasteiger partial charge in [0.1, 0.15) is 5.82 Å². The number of imidazole rings is 1. The highest BCUT2D eigenvalue weighted by atomic mass is 35.5. The number of aromatic amines is 1. The van der Waals surface area contributed by atoms with Crippen molar-refractivity contribution >= 4 is 34.9 Å². The highest BCUT2D eigenvalue weighted by Crippen LogP contribution is 2.32. The topological polar surface area (TPSA) is 20.7 Å². The zero-order valence-corrected chi connectivity index (χ0v) is 12.2. The van der Waals surface area contributed by atoms with E-state index in [-0.39, 0.29) is 10.8 Å². The lowest BCUT2D eigenvalue weighted by molar-refractivity contribution is 0.449. The molecule has 0 spiro atoms. The fraction of sp³-hybridized carbons (Fsp3) is 0.500. The molecular weight excluding hydrogens is 283 g/mol. The van der Waals surface area contributed by atoms with Gasteiger partial charge in [-0.25, -0.2) is 4.39 Å². The fourth-order valence-corrected chi connectivity index (χ4v) is 3.52. The summed E-state index contributed by atoms with van der Waals surface area (Å²) in [7, 11) is 0. The molecule has 1 aromatic heterocycles. The van der Waals surface area contributed by atoms with Crippen molar-refractivity contribution in [2.75, 3.05) is 0 Å². The zero-order valence-electron chi connectivity index (χ0n) is 10.6. The van der Waals surface area contributed by atoms with Gasteiger partial charge >= 0.3 is 0 Å². The van der Waals surface area contributed by atoms with Crippen LogP contribution in [0, 0.1) is 10.6 Å². The van der Waals surface area contributed by atoms with Gasteiger partial charge in [-0.2, -0.15) is 0 Å². The van der Waals surface area contributed by atoms with Gasteiger partial charge in [0.15, 0.2) is 4.77 Å². The molecule has 0 amide bonds. The Morgan fingerprint density at radius 2 is 1.89 bits per heavy atom. The van der Waals surface area contributed by atoms with Gasteiger partial charge in [-0.1, -0.05) is 37.3 Å². The molecule has 0 aliphatic heterocycles. The van der Waals surface area contributed by atoms with Gasteiger partial charge in [-0.15, -0.1) is 0 Å². The minimum absolute atomic E-state index is 0.136. The van der Waals surface area contributed by atoms with Crippen LogP contribution in [0.4, 0.5) is 4.39 Å². The van der Waals surface area contributed by atoms with Crippen molar-refractivity contribution in [2.45, 2.75) is 44.6 Å². The van der Waals surface area contributed by atoms with Gasteiger partial charge in [-0.05, 0) is 31.1 Å². The van der Waals surface area contributed by atoms with Crippen molar-refractivity contribution in [1.29, 1.82) is 0 Å². The Hall–Kier alpha value is -0.870. The van der Waals surface area contributed by atoms with Crippen LogP contribution in [0.2, 0.25) is 5.02 Å². The predicted octanol–water partition coefficient (Wildman–Crippen LogP) is 5.39. The number of nitrogens with one attached hydrogen (secondary N) is 1. The first-order chi connectivity index (χ1) is 9.16. The summed E-state index contributed by atoms with van der Waals surface area (Å²) in [5.74, 6) is -0.384. The molecule has 1 aliphatic rings. The summed E-state index contributed by atoms with van der Waals surface area (Å²) in [6, 6.07) is 3.49. The van der Waals surface area contributed by atoms with E-state index in [0.29, 0.717) is 10.8 Å². The van der Waals surface area contributed by atoms with E-state index in [0.717, 1.165) is 23.9 Å². The van der Waals surface area contributed by atoms with Gasteiger partial charge in [0.05, 0.1) is 16.1 Å². The van der Waals surface area contributed by atoms with Crippen LogP contribution in [0.1, 0.15) is 44.6 Å². The summed E-state index contributed by atoms with van der Waals surface area (Å²) < 4.78 is 16.4. The van der Waals surface area contributed by atoms with Crippen molar-refractivity contribution in [2.24, 2.45) is 0 Å². The van der Waals surface area contributed by atoms with Crippen molar-refractivity contribution in [3.63, 3.8) is 0 Å². The molecular formula is C14H16ClFN2S. The maximum atomic E-state index is 13.7. The fourth-order valence-electron chi connectivity index (χ4n) is 3.00. The van der Waals surface area contributed by atoms with E-state index in [9.17, 15) is 4.39 Å². The van der Waals surface area contributed by atoms with Crippen molar-refractivity contribution in [3.05, 3.63) is 27.7 Å². The molecule has 0 saturated heterocycles. The van der Waals surface area contributed by atoms with Crippen molar-refractivity contribution < 1.29 is 4.39 Å². The number of hydrogen-bond donors (Lipinski definition) is 1. The van der Waals surface area contributed by atoms with Crippen LogP contribution < -0.4 is 0 Å². The lowest BCUT2D eigenvalue weighted by Gasteiger charge is -2.17. The molecule has 1 saturated carbocycles. The Balaban J connectivity index is 2.14. The first-order valence-corrected chi connectivity index (χ1v) is 7.54. The number of hydrogen-bond acceptors (Lipinski definition) is 1. The van der Waals surface area contributed by atoms with E-state index in [1.165, 1.54) is 31.7 Å². The van der Waals surface area contributed by atoms with Crippen LogP contribution in [-0.2, 0) is 0 Å². The molecule has 0 unspecified atom stereocenters. The molecule has 1 fully saturated rings. The van der Waals surface area contributed by atoms with Gasteiger partial charge in [0.25, 0.3) is 0 Å². The van der Waals surface area contributed by atoms with Crippen LogP contribution in [0.25, 0.3) is 11.0 Å². The number of H-pyrrole nitrogens is 1. The van der Waals surface area contributed by atoms with E-state index >= 15 is 0 Å². The Morgan fingerprint density at radius 3 is 2.58 bits per heavy atom. The summed E-state index contributed by atoms with van der Waals surface area (Å²) >= 11 is 11.2. The smallest absolute Gasteiger partial charge is 0.178 e. The molecule has 2 aromatic rings. The van der Waals surface area contributed by atoms with Gasteiger partial charge in [-0.3, -0.25) is 0 Å². The highest BCUT2D eigenvalue weighted by Gasteiger charge is 2.18. The minimum Gasteiger partial charge on any atom is -0.331 e. The predicted molar refractivity (Wildman–Crippen MR) is 78.8 cm³/mol. The van der Waals surface area contributed by atoms with E-state index in [2.05, 4.69) is 9.55 Å². The van der Waals surface area contributed by atoms with E-state index < -0.39 is 0 Å². The zero-order chi connectivity index (χ0) is 13.4. The second-order valence-corrected chi connectivity index (χ2v) is 6.02. The SMILES string of the molecule is Fc1cc2c(cc1Cl)[nH]c(=S)n2C1CCCCCC1. The molecule has 1 heterocycles. The van der Waals surface area contributed by atoms with Crippen LogP contribution >= 0.6 is 23.8 Å². The third kappa shape index (κ3) is 2.43. The molecule has 2 nitrogen and oxygen atoms in total. The molecule has 0 atom stereocenters. The molecule has 1 aromatic carbocycles. The molecule has 102 valence electrons. The molecule has 19 heavy (non-hydrogen) atoms. The lowest BCUT2D eigenvalue weighted by Crippen LogP contribution is -2.08. The molecule has 5 heteroatoms. The quantitative estimate of drug-likeness (QED) is 0.553. The van der Waals surface area contributed by atoms with Crippen molar-refractivity contribution in [1.82, 2.24) is 9.55 Å². The van der Waals surface area contributed by atoms with Gasteiger partial charge in [0, 0.05) is 12.1 Å². The number of halogens is 2. The normalized spacial score (nSPS) is 17.8. The average Bonchev–Trinajstić information content (AvgIpc) is 2.57. The molecule has 0 bridgehead atoms. The summed E-state index contributed by atoms with van der Waals surface area (Å²) in [5, 5.41) is 0.136. The first kappa shape index (κ1) is 13.1. The Bertz CT molecular complexity index is 653. The lowest BCUT2D eigenvalue weighted by atomic mass is 10.1. The maximum absolute atomic E-state index is 13.7. The van der Waals surface area contributed by atoms with E-state index in [1.807, 2.05) is 0 Å². The number of benzene rings is 1. The number of rotatable bonds is 1. The minimum atomic E-state index is -0.384. The third-order valence-electron chi connectivity index (χ3n) is 3.95. The standard InChI is InChI=1S/C14H16ClFN2S/c15-10-7-12-13(8-11(10)16)18(14(19)17-12)9-5-3-1-2-4-6-9/h7-9H,1-6H2,(H,17,19). The maximum Gasteiger partial charge on any atom is 0.178 e. The molecule has 1 N–H and O–H groups in total. The second kappa shape index (κ2) is 5.25. The van der Waals surface area contributed by atoms with Crippen LogP contribution in [0.15, 0.2) is 12.1 Å². The third-order valence-corrected chi connectivity index (χ3v) is 4.54. The first-order valence-electron chi connectivity index (χ1n) is 6.76. The second-order valence-electron chi connectivity index (χ2n) is 5.23. The summed E-state index contributed by atoms with van der Waals surface area (Å²) in [6.07, 6.45) is 7.24. The van der Waals surface area contributed by atoms with Crippen LogP contribution in [-0.4, -0.2) is 9.55 Å². The molecule has 1 aliphatic carbocycles. The summed E-state index contributed by atoms with van der Waals surface area (Å²) in [5.41, 5.74) is 1.65. The Labute approximate surface area is 121 Å². The van der Waals surface area contributed by atoms with E-state index in [1.54, 1.807) is 6.07 Å².